The zero-order chi connectivity index (χ0) is 25.1. The third kappa shape index (κ3) is 8.46. The van der Waals surface area contributed by atoms with Crippen LogP contribution in [0.2, 0.25) is 0 Å². The summed E-state index contributed by atoms with van der Waals surface area (Å²) in [6, 6.07) is 8.86. The molecule has 0 amide bonds. The van der Waals surface area contributed by atoms with E-state index in [1.54, 1.807) is 0 Å². The van der Waals surface area contributed by atoms with Gasteiger partial charge < -0.3 is 14.9 Å². The Bertz CT molecular complexity index is 1040. The van der Waals surface area contributed by atoms with Gasteiger partial charge in [0.25, 0.3) is 5.69 Å². The van der Waals surface area contributed by atoms with Gasteiger partial charge in [-0.25, -0.2) is 18.0 Å². The highest BCUT2D eigenvalue weighted by Gasteiger charge is 2.26. The van der Waals surface area contributed by atoms with Crippen molar-refractivity contribution < 1.29 is 37.9 Å². The number of nitro groups is 1. The Morgan fingerprint density at radius 1 is 1.12 bits per heavy atom. The first-order chi connectivity index (χ1) is 16.1. The number of nitrogens with zero attached hydrogens (tertiary/aromatic N) is 3. The number of ether oxygens (including phenoxy) is 1. The van der Waals surface area contributed by atoms with Gasteiger partial charge in [0, 0.05) is 43.2 Å². The molecule has 0 spiro atoms. The zero-order valence-electron chi connectivity index (χ0n) is 18.1. The number of hydrogen-bond acceptors (Lipinski definition) is 9. The summed E-state index contributed by atoms with van der Waals surface area (Å²) >= 11 is 1.51. The van der Waals surface area contributed by atoms with Crippen LogP contribution in [0.4, 0.5) is 5.69 Å². The van der Waals surface area contributed by atoms with Gasteiger partial charge in [-0.3, -0.25) is 15.0 Å². The van der Waals surface area contributed by atoms with Gasteiger partial charge in [0.15, 0.2) is 0 Å². The molecule has 0 saturated carbocycles. The summed E-state index contributed by atoms with van der Waals surface area (Å²) in [7, 11) is -3.75. The molecule has 0 atom stereocenters. The van der Waals surface area contributed by atoms with Crippen molar-refractivity contribution in [2.24, 2.45) is 0 Å². The molecule has 2 aromatic rings. The van der Waals surface area contributed by atoms with Gasteiger partial charge in [-0.15, -0.1) is 11.3 Å². The number of nitro benzene ring substituents is 1. The fourth-order valence-electron chi connectivity index (χ4n) is 3.04. The van der Waals surface area contributed by atoms with E-state index in [0.717, 1.165) is 24.5 Å². The predicted octanol–water partition coefficient (Wildman–Crippen LogP) is 1.73. The minimum atomic E-state index is -3.75. The number of sulfonamides is 1. The summed E-state index contributed by atoms with van der Waals surface area (Å²) in [4.78, 5) is 31.8. The Balaban J connectivity index is 0.000000604. The van der Waals surface area contributed by atoms with E-state index in [1.807, 2.05) is 17.5 Å². The third-order valence-electron chi connectivity index (χ3n) is 4.77. The first-order valence-electron chi connectivity index (χ1n) is 10.1. The molecule has 1 fully saturated rings. The van der Waals surface area contributed by atoms with Crippen molar-refractivity contribution in [2.75, 3.05) is 39.4 Å². The molecule has 1 aliphatic rings. The summed E-state index contributed by atoms with van der Waals surface area (Å²) in [6.45, 7) is 4.62. The fraction of sp³-hybridized carbons (Fsp3) is 0.400. The van der Waals surface area contributed by atoms with Crippen molar-refractivity contribution in [3.63, 3.8) is 0 Å². The van der Waals surface area contributed by atoms with E-state index in [4.69, 9.17) is 24.5 Å². The second-order valence-corrected chi connectivity index (χ2v) is 10.1. The van der Waals surface area contributed by atoms with Crippen molar-refractivity contribution >= 4 is 39.0 Å². The average Bonchev–Trinajstić information content (AvgIpc) is 3.33. The van der Waals surface area contributed by atoms with Gasteiger partial charge in [0.05, 0.1) is 23.0 Å². The maximum Gasteiger partial charge on any atom is 0.414 e. The molecular formula is C20H25N3O9S2. The lowest BCUT2D eigenvalue weighted by Gasteiger charge is -2.28. The first-order valence-corrected chi connectivity index (χ1v) is 12.5. The first kappa shape index (κ1) is 27.3. The smallest absolute Gasteiger partial charge is 0.414 e. The molecule has 3 rings (SSSR count). The normalized spacial score (nSPS) is 14.3. The lowest BCUT2D eigenvalue weighted by molar-refractivity contribution is -0.384. The Morgan fingerprint density at radius 2 is 1.74 bits per heavy atom. The maximum atomic E-state index is 13.1. The van der Waals surface area contributed by atoms with Crippen LogP contribution in [0.3, 0.4) is 0 Å². The molecule has 1 aliphatic heterocycles. The van der Waals surface area contributed by atoms with Crippen molar-refractivity contribution in [3.05, 3.63) is 56.8 Å². The van der Waals surface area contributed by atoms with Gasteiger partial charge in [0.1, 0.15) is 0 Å². The number of thiophene rings is 1. The molecule has 1 aromatic carbocycles. The molecule has 0 radical (unpaired) electrons. The van der Waals surface area contributed by atoms with Crippen LogP contribution in [-0.4, -0.2) is 84.1 Å². The number of carboxylic acid groups (broad SMARTS) is 2. The monoisotopic (exact) mass is 515 g/mol. The lowest BCUT2D eigenvalue weighted by atomic mass is 10.3. The van der Waals surface area contributed by atoms with Crippen LogP contribution in [0.5, 0.6) is 0 Å². The van der Waals surface area contributed by atoms with Gasteiger partial charge in [-0.05, 0) is 36.5 Å². The highest BCUT2D eigenvalue weighted by atomic mass is 32.2. The number of hydrogen-bond donors (Lipinski definition) is 2. The minimum absolute atomic E-state index is 0.0704. The molecule has 14 heteroatoms. The summed E-state index contributed by atoms with van der Waals surface area (Å²) in [5, 5.41) is 27.5. The Labute approximate surface area is 200 Å². The predicted molar refractivity (Wildman–Crippen MR) is 122 cm³/mol. The third-order valence-corrected chi connectivity index (χ3v) is 7.49. The fourth-order valence-corrected chi connectivity index (χ4v) is 5.30. The Morgan fingerprint density at radius 3 is 2.24 bits per heavy atom. The molecule has 34 heavy (non-hydrogen) atoms. The van der Waals surface area contributed by atoms with Crippen LogP contribution in [0.15, 0.2) is 46.7 Å². The van der Waals surface area contributed by atoms with E-state index in [9.17, 15) is 18.5 Å². The minimum Gasteiger partial charge on any atom is -0.473 e. The zero-order valence-corrected chi connectivity index (χ0v) is 19.7. The molecular weight excluding hydrogens is 490 g/mol. The second-order valence-electron chi connectivity index (χ2n) is 7.09. The van der Waals surface area contributed by atoms with Crippen LogP contribution in [0, 0.1) is 10.1 Å². The number of aliphatic carboxylic acids is 2. The van der Waals surface area contributed by atoms with Crippen LogP contribution in [0.1, 0.15) is 11.3 Å². The number of carbonyl (C=O) groups is 2. The number of non-ortho nitro benzene ring substituents is 1. The molecule has 1 saturated heterocycles. The number of morpholine rings is 1. The number of benzene rings is 1. The van der Waals surface area contributed by atoms with E-state index >= 15 is 0 Å². The molecule has 186 valence electrons. The van der Waals surface area contributed by atoms with E-state index in [0.29, 0.717) is 32.7 Å². The molecule has 2 heterocycles. The molecule has 12 nitrogen and oxygen atoms in total. The molecule has 0 aliphatic carbocycles. The highest BCUT2D eigenvalue weighted by Crippen LogP contribution is 2.23. The van der Waals surface area contributed by atoms with Crippen LogP contribution < -0.4 is 0 Å². The quantitative estimate of drug-likeness (QED) is 0.285. The standard InChI is InChI=1S/C18H23N3O5S2.C2H2O4/c22-21(23)16-4-6-18(7-5-16)28(24,25)20(15-17-3-1-14-27-17)9-2-8-19-10-12-26-13-11-19;3-1(4)2(5)6/h1,3-7,14H,2,8-13,15H2;(H,3,4)(H,5,6). The SMILES string of the molecule is O=C(O)C(=O)O.O=[N+]([O-])c1ccc(S(=O)(=O)N(CCCN2CCOCC2)Cc2cccs2)cc1. The topological polar surface area (TPSA) is 168 Å². The Hall–Kier alpha value is -2.91. The van der Waals surface area contributed by atoms with Crippen molar-refractivity contribution in [2.45, 2.75) is 17.9 Å². The van der Waals surface area contributed by atoms with Crippen molar-refractivity contribution in [1.82, 2.24) is 9.21 Å². The maximum absolute atomic E-state index is 13.1. The highest BCUT2D eigenvalue weighted by molar-refractivity contribution is 7.89. The average molecular weight is 516 g/mol. The van der Waals surface area contributed by atoms with Gasteiger partial charge in [-0.2, -0.15) is 4.31 Å². The van der Waals surface area contributed by atoms with E-state index < -0.39 is 26.9 Å². The number of carboxylic acids is 2. The molecule has 0 bridgehead atoms. The summed E-state index contributed by atoms with van der Waals surface area (Å²) < 4.78 is 33.1. The van der Waals surface area contributed by atoms with E-state index in [2.05, 4.69) is 4.90 Å². The van der Waals surface area contributed by atoms with Gasteiger partial charge in [-0.1, -0.05) is 6.07 Å². The van der Waals surface area contributed by atoms with Crippen LogP contribution in [-0.2, 0) is 30.9 Å². The van der Waals surface area contributed by atoms with Crippen LogP contribution >= 0.6 is 11.3 Å². The summed E-state index contributed by atoms with van der Waals surface area (Å²) in [5.74, 6) is -3.65. The van der Waals surface area contributed by atoms with Crippen LogP contribution in [0.25, 0.3) is 0 Å². The second kappa shape index (κ2) is 13.1. The van der Waals surface area contributed by atoms with Crippen molar-refractivity contribution in [1.29, 1.82) is 0 Å². The van der Waals surface area contributed by atoms with Crippen molar-refractivity contribution in [3.8, 4) is 0 Å². The largest absolute Gasteiger partial charge is 0.473 e. The lowest BCUT2D eigenvalue weighted by Crippen LogP contribution is -2.39. The van der Waals surface area contributed by atoms with E-state index in [-0.39, 0.29) is 10.6 Å². The molecule has 0 unspecified atom stereocenters. The Kier molecular flexibility index (Phi) is 10.5. The summed E-state index contributed by atoms with van der Waals surface area (Å²) in [5.41, 5.74) is -0.129. The van der Waals surface area contributed by atoms with Gasteiger partial charge in [0.2, 0.25) is 10.0 Å². The molecule has 1 aromatic heterocycles. The number of rotatable bonds is 9. The van der Waals surface area contributed by atoms with E-state index in [1.165, 1.54) is 39.9 Å². The molecule has 2 N–H and O–H groups in total. The van der Waals surface area contributed by atoms with Gasteiger partial charge >= 0.3 is 11.9 Å². The summed E-state index contributed by atoms with van der Waals surface area (Å²) in [6.07, 6.45) is 0.706.